The molecule has 3 aliphatic heterocycles. The number of nitrogens with one attached hydrogen (secondary N) is 1. The van der Waals surface area contributed by atoms with E-state index in [2.05, 4.69) is 5.32 Å². The second kappa shape index (κ2) is 10.6. The molecule has 0 saturated carbocycles. The quantitative estimate of drug-likeness (QED) is 0.456. The monoisotopic (exact) mass is 543 g/mol. The van der Waals surface area contributed by atoms with Gasteiger partial charge in [-0.3, -0.25) is 24.6 Å². The van der Waals surface area contributed by atoms with Gasteiger partial charge in [-0.05, 0) is 47.7 Å². The van der Waals surface area contributed by atoms with E-state index in [0.29, 0.717) is 31.5 Å². The van der Waals surface area contributed by atoms with Crippen LogP contribution in [0.5, 0.6) is 0 Å². The van der Waals surface area contributed by atoms with Crippen LogP contribution in [0.15, 0.2) is 78.9 Å². The molecule has 3 amide bonds. The van der Waals surface area contributed by atoms with E-state index in [-0.39, 0.29) is 31.3 Å². The molecule has 0 spiro atoms. The molecule has 3 aliphatic rings. The van der Waals surface area contributed by atoms with E-state index in [1.165, 1.54) is 4.90 Å². The lowest BCUT2D eigenvalue weighted by atomic mass is 9.74. The second-order valence-corrected chi connectivity index (χ2v) is 11.1. The number of fused-ring (bicyclic) bond motifs is 1. The van der Waals surface area contributed by atoms with Crippen molar-refractivity contribution in [1.29, 1.82) is 0 Å². The van der Waals surface area contributed by atoms with E-state index in [4.69, 9.17) is 0 Å². The van der Waals surface area contributed by atoms with Crippen molar-refractivity contribution in [3.63, 3.8) is 0 Å². The molecule has 8 heteroatoms. The minimum absolute atomic E-state index is 0.196. The van der Waals surface area contributed by atoms with Crippen LogP contribution in [0.3, 0.4) is 0 Å². The number of hydrogen-bond acceptors (Lipinski definition) is 4. The fourth-order valence-corrected chi connectivity index (χ4v) is 6.53. The summed E-state index contributed by atoms with van der Waals surface area (Å²) < 4.78 is 31.8. The minimum Gasteiger partial charge on any atom is -0.322 e. The van der Waals surface area contributed by atoms with Crippen molar-refractivity contribution in [2.24, 2.45) is 5.92 Å². The average molecular weight is 544 g/mol. The van der Waals surface area contributed by atoms with Crippen LogP contribution >= 0.6 is 0 Å². The number of carbonyl (C=O) groups is 3. The third-order valence-corrected chi connectivity index (χ3v) is 8.45. The summed E-state index contributed by atoms with van der Waals surface area (Å²) in [4.78, 5) is 40.1. The fraction of sp³-hybridized carbons (Fsp3) is 0.344. The normalized spacial score (nSPS) is 22.9. The van der Waals surface area contributed by atoms with Gasteiger partial charge in [0.05, 0.1) is 6.54 Å². The van der Waals surface area contributed by atoms with E-state index in [1.54, 1.807) is 11.0 Å². The first-order chi connectivity index (χ1) is 19.3. The van der Waals surface area contributed by atoms with Gasteiger partial charge < -0.3 is 4.90 Å². The maximum atomic E-state index is 15.9. The number of benzene rings is 3. The molecule has 0 radical (unpaired) electrons. The predicted octanol–water partition coefficient (Wildman–Crippen LogP) is 4.74. The molecule has 0 bridgehead atoms. The Morgan fingerprint density at radius 2 is 1.57 bits per heavy atom. The maximum absolute atomic E-state index is 15.9. The molecule has 1 N–H and O–H groups in total. The van der Waals surface area contributed by atoms with Crippen LogP contribution in [-0.2, 0) is 22.7 Å². The molecule has 40 heavy (non-hydrogen) atoms. The first-order valence-corrected chi connectivity index (χ1v) is 13.8. The van der Waals surface area contributed by atoms with Crippen molar-refractivity contribution >= 4 is 17.7 Å². The zero-order valence-corrected chi connectivity index (χ0v) is 22.1. The summed E-state index contributed by atoms with van der Waals surface area (Å²) in [5, 5.41) is 2.31. The van der Waals surface area contributed by atoms with Gasteiger partial charge in [-0.15, -0.1) is 0 Å². The van der Waals surface area contributed by atoms with E-state index in [9.17, 15) is 14.4 Å². The topological polar surface area (TPSA) is 69.7 Å². The molecule has 0 aromatic heterocycles. The third kappa shape index (κ3) is 5.04. The molecule has 0 aliphatic carbocycles. The molecule has 3 aromatic rings. The van der Waals surface area contributed by atoms with Crippen LogP contribution in [0.2, 0.25) is 0 Å². The lowest BCUT2D eigenvalue weighted by Crippen LogP contribution is -2.52. The molecular weight excluding hydrogens is 512 g/mol. The Bertz CT molecular complexity index is 1390. The van der Waals surface area contributed by atoms with Crippen molar-refractivity contribution < 1.29 is 23.2 Å². The van der Waals surface area contributed by atoms with Gasteiger partial charge in [0.25, 0.3) is 11.8 Å². The molecule has 6 nitrogen and oxygen atoms in total. The molecule has 2 fully saturated rings. The van der Waals surface area contributed by atoms with Gasteiger partial charge in [0.1, 0.15) is 6.04 Å². The largest absolute Gasteiger partial charge is 0.322 e. The SMILES string of the molecule is O=C1CCC(N2Cc3cc(CN4CCC(C(c5ccccc5)c5ccccc5)C(F)(F)C4)ccc3C2=O)C(=O)N1. The Hall–Kier alpha value is -3.91. The zero-order valence-electron chi connectivity index (χ0n) is 22.1. The molecule has 2 unspecified atom stereocenters. The van der Waals surface area contributed by atoms with Gasteiger partial charge in [0.15, 0.2) is 0 Å². The highest BCUT2D eigenvalue weighted by Crippen LogP contribution is 2.45. The van der Waals surface area contributed by atoms with Gasteiger partial charge in [-0.2, -0.15) is 0 Å². The van der Waals surface area contributed by atoms with Gasteiger partial charge in [-0.1, -0.05) is 72.8 Å². The van der Waals surface area contributed by atoms with Crippen LogP contribution in [0.1, 0.15) is 57.8 Å². The van der Waals surface area contributed by atoms with Crippen LogP contribution in [0.25, 0.3) is 0 Å². The predicted molar refractivity (Wildman–Crippen MR) is 146 cm³/mol. The van der Waals surface area contributed by atoms with Crippen molar-refractivity contribution in [2.75, 3.05) is 13.1 Å². The van der Waals surface area contributed by atoms with Crippen molar-refractivity contribution in [2.45, 2.75) is 50.2 Å². The second-order valence-electron chi connectivity index (χ2n) is 11.1. The van der Waals surface area contributed by atoms with Gasteiger partial charge in [-0.25, -0.2) is 8.78 Å². The van der Waals surface area contributed by atoms with Crippen LogP contribution < -0.4 is 5.32 Å². The van der Waals surface area contributed by atoms with Crippen LogP contribution in [0.4, 0.5) is 8.78 Å². The third-order valence-electron chi connectivity index (χ3n) is 8.45. The highest BCUT2D eigenvalue weighted by Gasteiger charge is 2.49. The number of halogens is 2. The van der Waals surface area contributed by atoms with Crippen LogP contribution in [-0.4, -0.2) is 52.6 Å². The molecule has 6 rings (SSSR count). The van der Waals surface area contributed by atoms with E-state index >= 15 is 8.78 Å². The van der Waals surface area contributed by atoms with E-state index in [0.717, 1.165) is 22.3 Å². The Labute approximate surface area is 232 Å². The fourth-order valence-electron chi connectivity index (χ4n) is 6.53. The molecule has 2 saturated heterocycles. The number of likely N-dealkylation sites (tertiary alicyclic amines) is 1. The van der Waals surface area contributed by atoms with Crippen molar-refractivity contribution in [1.82, 2.24) is 15.1 Å². The highest BCUT2D eigenvalue weighted by atomic mass is 19.3. The number of alkyl halides is 2. The van der Waals surface area contributed by atoms with Crippen LogP contribution in [0, 0.1) is 5.92 Å². The first kappa shape index (κ1) is 26.3. The number of nitrogens with zero attached hydrogens (tertiary/aromatic N) is 2. The number of piperidine rings is 2. The molecular formula is C32H31F2N3O3. The minimum atomic E-state index is -2.90. The first-order valence-electron chi connectivity index (χ1n) is 13.8. The summed E-state index contributed by atoms with van der Waals surface area (Å²) in [5.41, 5.74) is 3.95. The number of carbonyl (C=O) groups excluding carboxylic acids is 3. The molecule has 2 atom stereocenters. The smallest absolute Gasteiger partial charge is 0.264 e. The van der Waals surface area contributed by atoms with E-state index < -0.39 is 29.7 Å². The zero-order chi connectivity index (χ0) is 27.9. The maximum Gasteiger partial charge on any atom is 0.264 e. The summed E-state index contributed by atoms with van der Waals surface area (Å²) in [6, 6.07) is 23.9. The molecule has 3 heterocycles. The summed E-state index contributed by atoms with van der Waals surface area (Å²) in [7, 11) is 0. The van der Waals surface area contributed by atoms with Gasteiger partial charge >= 0.3 is 0 Å². The Kier molecular flexibility index (Phi) is 6.96. The lowest BCUT2D eigenvalue weighted by molar-refractivity contribution is -0.136. The van der Waals surface area contributed by atoms with Crippen molar-refractivity contribution in [3.05, 3.63) is 107 Å². The Balaban J connectivity index is 1.17. The Morgan fingerprint density at radius 1 is 0.900 bits per heavy atom. The molecule has 206 valence electrons. The average Bonchev–Trinajstić information content (AvgIpc) is 3.26. The summed E-state index contributed by atoms with van der Waals surface area (Å²) in [6.45, 7) is 0.812. The standard InChI is InChI=1S/C32H31F2N3O3/c33-32(34)20-36(16-15-26(32)29(22-7-3-1-4-8-22)23-9-5-2-6-10-23)18-21-11-12-25-24(17-21)19-37(31(25)40)27-13-14-28(38)35-30(27)39/h1-12,17,26-27,29H,13-16,18-20H2,(H,35,38,39). The number of rotatable bonds is 6. The number of imide groups is 1. The summed E-state index contributed by atoms with van der Waals surface area (Å²) >= 11 is 0. The van der Waals surface area contributed by atoms with Gasteiger partial charge in [0.2, 0.25) is 11.8 Å². The number of amides is 3. The van der Waals surface area contributed by atoms with Gasteiger partial charge in [0, 0.05) is 36.9 Å². The van der Waals surface area contributed by atoms with Crippen molar-refractivity contribution in [3.8, 4) is 0 Å². The van der Waals surface area contributed by atoms with E-state index in [1.807, 2.05) is 72.8 Å². The lowest BCUT2D eigenvalue weighted by Gasteiger charge is -2.42. The Morgan fingerprint density at radius 3 is 2.20 bits per heavy atom. The highest BCUT2D eigenvalue weighted by molar-refractivity contribution is 6.05. The summed E-state index contributed by atoms with van der Waals surface area (Å²) in [6.07, 6.45) is 0.851. The molecule has 3 aromatic carbocycles. The number of hydrogen-bond donors (Lipinski definition) is 1. The summed E-state index contributed by atoms with van der Waals surface area (Å²) in [5.74, 6) is -5.14.